The first-order valence-corrected chi connectivity index (χ1v) is 8.54. The summed E-state index contributed by atoms with van der Waals surface area (Å²) in [5.74, 6) is 0. The second-order valence-electron chi connectivity index (χ2n) is 5.37. The summed E-state index contributed by atoms with van der Waals surface area (Å²) < 4.78 is 64.0. The van der Waals surface area contributed by atoms with Gasteiger partial charge in [-0.05, 0) is 31.2 Å². The Morgan fingerprint density at radius 1 is 1.04 bits per heavy atom. The minimum absolute atomic E-state index is 0.0126. The molecule has 0 saturated heterocycles. The van der Waals surface area contributed by atoms with Gasteiger partial charge in [0, 0.05) is 5.56 Å². The zero-order valence-electron chi connectivity index (χ0n) is 12.9. The van der Waals surface area contributed by atoms with Crippen molar-refractivity contribution >= 4 is 10.0 Å². The van der Waals surface area contributed by atoms with Crippen molar-refractivity contribution in [3.8, 4) is 11.3 Å². The molecule has 0 spiro atoms. The molecule has 0 aliphatic heterocycles. The summed E-state index contributed by atoms with van der Waals surface area (Å²) in [6.07, 6.45) is -3.41. The molecule has 0 N–H and O–H groups in total. The van der Waals surface area contributed by atoms with E-state index in [1.807, 2.05) is 6.92 Å². The van der Waals surface area contributed by atoms with Crippen molar-refractivity contribution in [2.24, 2.45) is 0 Å². The second kappa shape index (κ2) is 5.99. The summed E-state index contributed by atoms with van der Waals surface area (Å²) in [5, 5.41) is 7.24. The van der Waals surface area contributed by atoms with Crippen LogP contribution in [-0.2, 0) is 16.2 Å². The van der Waals surface area contributed by atoms with E-state index in [1.54, 1.807) is 12.1 Å². The smallest absolute Gasteiger partial charge is 0.199 e. The van der Waals surface area contributed by atoms with Crippen molar-refractivity contribution in [1.82, 2.24) is 14.4 Å². The molecule has 0 atom stereocenters. The van der Waals surface area contributed by atoms with Gasteiger partial charge in [0.1, 0.15) is 5.69 Å². The van der Waals surface area contributed by atoms with Crippen LogP contribution in [0.15, 0.2) is 59.6 Å². The Morgan fingerprint density at radius 2 is 1.72 bits per heavy atom. The monoisotopic (exact) mass is 367 g/mol. The molecular weight excluding hydrogens is 355 g/mol. The third-order valence-corrected chi connectivity index (χ3v) is 5.06. The van der Waals surface area contributed by atoms with Crippen molar-refractivity contribution in [2.45, 2.75) is 18.0 Å². The maximum Gasteiger partial charge on any atom is 0.416 e. The molecule has 0 aliphatic carbocycles. The standard InChI is InChI=1S/C16H12F3N3O2S/c1-11-5-7-14(8-6-11)25(23,24)22-10-15(20-21-22)12-3-2-4-13(9-12)16(17,18)19/h2-10H,1H3. The van der Waals surface area contributed by atoms with Gasteiger partial charge in [0.05, 0.1) is 16.7 Å². The van der Waals surface area contributed by atoms with Crippen LogP contribution in [-0.4, -0.2) is 22.8 Å². The van der Waals surface area contributed by atoms with Crippen molar-refractivity contribution in [2.75, 3.05) is 0 Å². The van der Waals surface area contributed by atoms with Gasteiger partial charge in [0.2, 0.25) is 0 Å². The molecule has 0 bridgehead atoms. The molecule has 1 aromatic heterocycles. The normalized spacial score (nSPS) is 12.3. The number of nitrogens with zero attached hydrogens (tertiary/aromatic N) is 3. The van der Waals surface area contributed by atoms with Crippen LogP contribution in [0.5, 0.6) is 0 Å². The van der Waals surface area contributed by atoms with Gasteiger partial charge in [-0.2, -0.15) is 21.6 Å². The van der Waals surface area contributed by atoms with Gasteiger partial charge in [-0.1, -0.05) is 35.0 Å². The molecule has 0 amide bonds. The quantitative estimate of drug-likeness (QED) is 0.711. The van der Waals surface area contributed by atoms with Gasteiger partial charge in [-0.25, -0.2) is 0 Å². The fraction of sp³-hybridized carbons (Fsp3) is 0.125. The highest BCUT2D eigenvalue weighted by Gasteiger charge is 2.30. The molecule has 0 aliphatic rings. The summed E-state index contributed by atoms with van der Waals surface area (Å²) in [7, 11) is -3.96. The first-order valence-electron chi connectivity index (χ1n) is 7.10. The molecule has 5 nitrogen and oxygen atoms in total. The van der Waals surface area contributed by atoms with E-state index < -0.39 is 21.8 Å². The van der Waals surface area contributed by atoms with Crippen LogP contribution in [0.1, 0.15) is 11.1 Å². The summed E-state index contributed by atoms with van der Waals surface area (Å²) in [4.78, 5) is 0.0126. The zero-order valence-corrected chi connectivity index (χ0v) is 13.7. The first kappa shape index (κ1) is 17.2. The van der Waals surface area contributed by atoms with Crippen LogP contribution < -0.4 is 0 Å². The van der Waals surface area contributed by atoms with Gasteiger partial charge in [0.15, 0.2) is 0 Å². The lowest BCUT2D eigenvalue weighted by Crippen LogP contribution is -2.13. The van der Waals surface area contributed by atoms with E-state index in [9.17, 15) is 21.6 Å². The molecular formula is C16H12F3N3O2S. The summed E-state index contributed by atoms with van der Waals surface area (Å²) in [6.45, 7) is 1.82. The molecule has 3 rings (SSSR count). The highest BCUT2D eigenvalue weighted by atomic mass is 32.2. The number of hydrogen-bond acceptors (Lipinski definition) is 4. The topological polar surface area (TPSA) is 64.8 Å². The van der Waals surface area contributed by atoms with E-state index in [-0.39, 0.29) is 16.2 Å². The largest absolute Gasteiger partial charge is 0.416 e. The van der Waals surface area contributed by atoms with E-state index in [1.165, 1.54) is 24.3 Å². The Morgan fingerprint density at radius 3 is 2.36 bits per heavy atom. The molecule has 0 fully saturated rings. The molecule has 3 aromatic rings. The van der Waals surface area contributed by atoms with E-state index in [4.69, 9.17) is 0 Å². The van der Waals surface area contributed by atoms with E-state index in [0.29, 0.717) is 4.09 Å². The average molecular weight is 367 g/mol. The van der Waals surface area contributed by atoms with Crippen LogP contribution in [0.3, 0.4) is 0 Å². The summed E-state index contributed by atoms with van der Waals surface area (Å²) >= 11 is 0. The molecule has 1 heterocycles. The van der Waals surface area contributed by atoms with Crippen LogP contribution in [0.25, 0.3) is 11.3 Å². The maximum atomic E-state index is 12.8. The van der Waals surface area contributed by atoms with E-state index in [2.05, 4.69) is 10.3 Å². The minimum Gasteiger partial charge on any atom is -0.199 e. The van der Waals surface area contributed by atoms with Crippen LogP contribution in [0, 0.1) is 6.92 Å². The number of halogens is 3. The lowest BCUT2D eigenvalue weighted by atomic mass is 10.1. The highest BCUT2D eigenvalue weighted by molar-refractivity contribution is 7.89. The number of alkyl halides is 3. The molecule has 2 aromatic carbocycles. The van der Waals surface area contributed by atoms with Crippen LogP contribution in [0.2, 0.25) is 0 Å². The van der Waals surface area contributed by atoms with Crippen LogP contribution in [0.4, 0.5) is 13.2 Å². The van der Waals surface area contributed by atoms with Crippen molar-refractivity contribution in [3.63, 3.8) is 0 Å². The van der Waals surface area contributed by atoms with Crippen LogP contribution >= 0.6 is 0 Å². The van der Waals surface area contributed by atoms with Crippen molar-refractivity contribution in [3.05, 3.63) is 65.9 Å². The molecule has 0 unspecified atom stereocenters. The van der Waals surface area contributed by atoms with Crippen molar-refractivity contribution in [1.29, 1.82) is 0 Å². The number of hydrogen-bond donors (Lipinski definition) is 0. The number of benzene rings is 2. The zero-order chi connectivity index (χ0) is 18.2. The molecule has 0 saturated carbocycles. The minimum atomic E-state index is -4.50. The second-order valence-corrected chi connectivity index (χ2v) is 7.17. The van der Waals surface area contributed by atoms with Crippen molar-refractivity contribution < 1.29 is 21.6 Å². The van der Waals surface area contributed by atoms with Gasteiger partial charge in [-0.3, -0.25) is 0 Å². The predicted octanol–water partition coefficient (Wildman–Crippen LogP) is 3.51. The molecule has 130 valence electrons. The Balaban J connectivity index is 1.99. The Labute approximate surface area is 141 Å². The molecule has 25 heavy (non-hydrogen) atoms. The fourth-order valence-electron chi connectivity index (χ4n) is 2.17. The Kier molecular flexibility index (Phi) is 4.11. The third-order valence-electron chi connectivity index (χ3n) is 3.52. The predicted molar refractivity (Wildman–Crippen MR) is 84.2 cm³/mol. The summed E-state index contributed by atoms with van der Waals surface area (Å²) in [6, 6.07) is 10.6. The Bertz CT molecular complexity index is 1010. The lowest BCUT2D eigenvalue weighted by molar-refractivity contribution is -0.137. The van der Waals surface area contributed by atoms with E-state index >= 15 is 0 Å². The first-order chi connectivity index (χ1) is 11.7. The fourth-order valence-corrected chi connectivity index (χ4v) is 3.24. The summed E-state index contributed by atoms with van der Waals surface area (Å²) in [5.41, 5.74) is 0.199. The van der Waals surface area contributed by atoms with Gasteiger partial charge < -0.3 is 0 Å². The third kappa shape index (κ3) is 3.41. The average Bonchev–Trinajstić information content (AvgIpc) is 3.05. The lowest BCUT2D eigenvalue weighted by Gasteiger charge is -2.07. The van der Waals surface area contributed by atoms with Gasteiger partial charge in [0.25, 0.3) is 10.0 Å². The highest BCUT2D eigenvalue weighted by Crippen LogP contribution is 2.31. The Hall–Kier alpha value is -2.68. The number of rotatable bonds is 3. The molecule has 9 heteroatoms. The SMILES string of the molecule is Cc1ccc(S(=O)(=O)n2cc(-c3cccc(C(F)(F)F)c3)nn2)cc1. The van der Waals surface area contributed by atoms with Gasteiger partial charge in [-0.15, -0.1) is 9.19 Å². The number of aromatic nitrogens is 3. The van der Waals surface area contributed by atoms with E-state index in [0.717, 1.165) is 23.9 Å². The maximum absolute atomic E-state index is 12.8. The molecule has 0 radical (unpaired) electrons. The van der Waals surface area contributed by atoms with Gasteiger partial charge >= 0.3 is 6.18 Å². The number of aryl methyl sites for hydroxylation is 1.